The van der Waals surface area contributed by atoms with Gasteiger partial charge in [0.2, 0.25) is 0 Å². The number of nitrogens with two attached hydrogens (primary N) is 1. The molecule has 0 heterocycles. The van der Waals surface area contributed by atoms with E-state index in [0.29, 0.717) is 31.6 Å². The zero-order chi connectivity index (χ0) is 36.2. The summed E-state index contributed by atoms with van der Waals surface area (Å²) in [5.74, 6) is -1.25. The fourth-order valence-electron chi connectivity index (χ4n) is 3.88. The van der Waals surface area contributed by atoms with E-state index >= 15 is 0 Å². The molecular weight excluding hydrogens is 682 g/mol. The van der Waals surface area contributed by atoms with Gasteiger partial charge in [0.1, 0.15) is 24.4 Å². The van der Waals surface area contributed by atoms with Crippen LogP contribution in [0.3, 0.4) is 0 Å². The van der Waals surface area contributed by atoms with Gasteiger partial charge in [-0.15, -0.1) is 0 Å². The summed E-state index contributed by atoms with van der Waals surface area (Å²) in [4.78, 5) is 61.8. The number of alkyl carbamates (subject to hydrolysis) is 1. The molecular formula is C31H50N2O12P2Si. The highest BCUT2D eigenvalue weighted by Gasteiger charge is 2.23. The van der Waals surface area contributed by atoms with Crippen molar-refractivity contribution in [2.45, 2.75) is 82.9 Å². The van der Waals surface area contributed by atoms with Crippen LogP contribution in [0.1, 0.15) is 44.1 Å². The number of nitrogens with one attached hydrogen (secondary N) is 1. The molecule has 17 heteroatoms. The van der Waals surface area contributed by atoms with E-state index in [-0.39, 0.29) is 38.2 Å². The van der Waals surface area contributed by atoms with Crippen molar-refractivity contribution in [3.05, 3.63) is 66.2 Å². The van der Waals surface area contributed by atoms with E-state index in [1.807, 2.05) is 6.07 Å². The summed E-state index contributed by atoms with van der Waals surface area (Å²) >= 11 is 0. The summed E-state index contributed by atoms with van der Waals surface area (Å²) in [6.45, 7) is 7.08. The number of amides is 1. The van der Waals surface area contributed by atoms with Gasteiger partial charge < -0.3 is 44.8 Å². The first-order valence-corrected chi connectivity index (χ1v) is 22.9. The van der Waals surface area contributed by atoms with Gasteiger partial charge in [-0.25, -0.2) is 14.2 Å². The molecule has 270 valence electrons. The number of carbonyl (C=O) groups is 3. The lowest BCUT2D eigenvalue weighted by atomic mass is 10.1. The van der Waals surface area contributed by atoms with Gasteiger partial charge in [0.05, 0.1) is 12.8 Å². The summed E-state index contributed by atoms with van der Waals surface area (Å²) in [7, 11) is -9.00. The van der Waals surface area contributed by atoms with Crippen LogP contribution in [0.25, 0.3) is 0 Å². The zero-order valence-electron chi connectivity index (χ0n) is 27.7. The van der Waals surface area contributed by atoms with Gasteiger partial charge in [-0.1, -0.05) is 81.0 Å². The minimum atomic E-state index is -4.08. The summed E-state index contributed by atoms with van der Waals surface area (Å²) in [6, 6.07) is 16.6. The Bertz CT molecular complexity index is 1340. The van der Waals surface area contributed by atoms with Crippen molar-refractivity contribution in [2.24, 2.45) is 5.73 Å². The van der Waals surface area contributed by atoms with Crippen molar-refractivity contribution in [3.8, 4) is 5.75 Å². The molecule has 14 nitrogen and oxygen atoms in total. The van der Waals surface area contributed by atoms with E-state index in [0.717, 1.165) is 11.6 Å². The number of aliphatic carboxylic acids is 1. The third kappa shape index (κ3) is 22.5. The maximum atomic E-state index is 12.0. The van der Waals surface area contributed by atoms with Crippen LogP contribution in [0, 0.1) is 0 Å². The Hall–Kier alpha value is -3.03. The second-order valence-corrected chi connectivity index (χ2v) is 21.6. The third-order valence-electron chi connectivity index (χ3n) is 6.59. The number of hydrogen-bond acceptors (Lipinski definition) is 9. The highest BCUT2D eigenvalue weighted by Crippen LogP contribution is 2.43. The molecule has 2 rings (SSSR count). The number of para-hydroxylation sites is 1. The molecule has 0 radical (unpaired) electrons. The van der Waals surface area contributed by atoms with Crippen LogP contribution in [-0.2, 0) is 34.8 Å². The number of carboxylic acids is 1. The first-order chi connectivity index (χ1) is 22.4. The van der Waals surface area contributed by atoms with Crippen LogP contribution in [0.4, 0.5) is 4.79 Å². The molecule has 1 unspecified atom stereocenters. The number of unbranched alkanes of at least 4 members (excludes halogenated alkanes) is 2. The van der Waals surface area contributed by atoms with E-state index in [1.54, 1.807) is 54.6 Å². The van der Waals surface area contributed by atoms with Crippen LogP contribution in [0.15, 0.2) is 60.7 Å². The SMILES string of the molecule is C[Si](C)(C)CCOC(=O)[C@@H](N)CCCCP(=O)(O)Oc1ccccc1.O=C(N[C@@H](CCCCP(=O)(O)O)C(=O)O)OCc1ccccc1. The lowest BCUT2D eigenvalue weighted by Gasteiger charge is -2.17. The molecule has 0 aliphatic carbocycles. The molecule has 2 aromatic carbocycles. The van der Waals surface area contributed by atoms with Crippen molar-refractivity contribution in [1.82, 2.24) is 5.32 Å². The predicted octanol–water partition coefficient (Wildman–Crippen LogP) is 5.34. The normalized spacial score (nSPS) is 13.9. The lowest BCUT2D eigenvalue weighted by molar-refractivity contribution is -0.145. The summed E-state index contributed by atoms with van der Waals surface area (Å²) in [5.41, 5.74) is 6.59. The Labute approximate surface area is 283 Å². The van der Waals surface area contributed by atoms with Gasteiger partial charge in [0, 0.05) is 14.2 Å². The Kier molecular flexibility index (Phi) is 19.6. The molecule has 0 aliphatic rings. The topological polar surface area (TPSA) is 232 Å². The highest BCUT2D eigenvalue weighted by atomic mass is 31.2. The molecule has 0 saturated heterocycles. The number of esters is 1. The fourth-order valence-corrected chi connectivity index (χ4v) is 6.40. The third-order valence-corrected chi connectivity index (χ3v) is 10.6. The predicted molar refractivity (Wildman–Crippen MR) is 185 cm³/mol. The Balaban J connectivity index is 0.000000482. The quantitative estimate of drug-likeness (QED) is 0.0437. The smallest absolute Gasteiger partial charge is 0.408 e. The Morgan fingerprint density at radius 2 is 1.40 bits per heavy atom. The van der Waals surface area contributed by atoms with Crippen LogP contribution >= 0.6 is 15.2 Å². The number of hydrogen-bond donors (Lipinski definition) is 6. The minimum absolute atomic E-state index is 0.0250. The lowest BCUT2D eigenvalue weighted by Crippen LogP contribution is -2.41. The van der Waals surface area contributed by atoms with Gasteiger partial charge in [-0.05, 0) is 49.4 Å². The van der Waals surface area contributed by atoms with E-state index < -0.39 is 53.4 Å². The molecule has 3 atom stereocenters. The maximum Gasteiger partial charge on any atom is 0.408 e. The molecule has 0 fully saturated rings. The number of carboxylic acid groups (broad SMARTS) is 1. The van der Waals surface area contributed by atoms with Crippen molar-refractivity contribution >= 4 is 41.3 Å². The Morgan fingerprint density at radius 1 is 0.833 bits per heavy atom. The molecule has 0 aliphatic heterocycles. The van der Waals surface area contributed by atoms with Crippen LogP contribution < -0.4 is 15.6 Å². The molecule has 1 amide bonds. The van der Waals surface area contributed by atoms with Gasteiger partial charge in [0.25, 0.3) is 0 Å². The summed E-state index contributed by atoms with van der Waals surface area (Å²) in [6.07, 6.45) is 0.819. The second-order valence-electron chi connectivity index (χ2n) is 12.3. The molecule has 48 heavy (non-hydrogen) atoms. The van der Waals surface area contributed by atoms with E-state index in [2.05, 4.69) is 25.0 Å². The second kappa shape index (κ2) is 21.8. The molecule has 0 saturated carbocycles. The first kappa shape index (κ1) is 43.0. The molecule has 2 aromatic rings. The maximum absolute atomic E-state index is 12.0. The van der Waals surface area contributed by atoms with Gasteiger partial charge in [-0.3, -0.25) is 9.36 Å². The fraction of sp³-hybridized carbons (Fsp3) is 0.516. The van der Waals surface area contributed by atoms with Crippen LogP contribution in [0.5, 0.6) is 5.75 Å². The standard InChI is InChI=1S/C17H30NO5PSi.C14H20NO7P/c1-25(2,3)14-12-22-17(19)16(18)11-7-8-13-24(20,21)23-15-9-5-4-6-10-15;16-13(17)12(8-4-5-9-23(19,20)21)15-14(18)22-10-11-6-2-1-3-7-11/h4-6,9-10,16H,7-8,11-14,18H2,1-3H3,(H,20,21);1-3,6-7,12H,4-5,8-10H2,(H,15,18)(H,16,17)(H2,19,20,21)/t16-;12-/m00/s1. The first-order valence-electron chi connectivity index (χ1n) is 15.6. The van der Waals surface area contributed by atoms with Crippen molar-refractivity contribution in [1.29, 1.82) is 0 Å². The molecule has 7 N–H and O–H groups in total. The monoisotopic (exact) mass is 732 g/mol. The summed E-state index contributed by atoms with van der Waals surface area (Å²) in [5, 5.41) is 11.3. The molecule has 0 bridgehead atoms. The number of rotatable bonds is 20. The number of ether oxygens (including phenoxy) is 2. The van der Waals surface area contributed by atoms with Crippen LogP contribution in [0.2, 0.25) is 25.7 Å². The average Bonchev–Trinajstić information content (AvgIpc) is 2.99. The number of benzene rings is 2. The minimum Gasteiger partial charge on any atom is -0.480 e. The van der Waals surface area contributed by atoms with E-state index in [1.165, 1.54) is 0 Å². The average molecular weight is 733 g/mol. The number of carbonyl (C=O) groups excluding carboxylic acids is 2. The van der Waals surface area contributed by atoms with Crippen molar-refractivity contribution in [2.75, 3.05) is 18.9 Å². The Morgan fingerprint density at radius 3 is 1.96 bits per heavy atom. The largest absolute Gasteiger partial charge is 0.480 e. The molecule has 0 aromatic heterocycles. The van der Waals surface area contributed by atoms with E-state index in [9.17, 15) is 28.4 Å². The zero-order valence-corrected chi connectivity index (χ0v) is 30.5. The van der Waals surface area contributed by atoms with Crippen molar-refractivity contribution < 1.29 is 57.3 Å². The highest BCUT2D eigenvalue weighted by molar-refractivity contribution is 7.53. The van der Waals surface area contributed by atoms with Gasteiger partial charge in [0.15, 0.2) is 0 Å². The van der Waals surface area contributed by atoms with Gasteiger partial charge in [-0.2, -0.15) is 0 Å². The molecule has 0 spiro atoms. The summed E-state index contributed by atoms with van der Waals surface area (Å²) < 4.78 is 38.0. The van der Waals surface area contributed by atoms with E-state index in [4.69, 9.17) is 34.6 Å². The van der Waals surface area contributed by atoms with Crippen LogP contribution in [-0.4, -0.2) is 76.9 Å². The van der Waals surface area contributed by atoms with Gasteiger partial charge >= 0.3 is 33.2 Å². The van der Waals surface area contributed by atoms with Crippen molar-refractivity contribution in [3.63, 3.8) is 0 Å².